The Morgan fingerprint density at radius 3 is 2.52 bits per heavy atom. The van der Waals surface area contributed by atoms with Crippen molar-refractivity contribution >= 4 is 22.6 Å². The quantitative estimate of drug-likeness (QED) is 0.444. The number of amides is 1. The Morgan fingerprint density at radius 2 is 1.87 bits per heavy atom. The fourth-order valence-electron chi connectivity index (χ4n) is 3.83. The van der Waals surface area contributed by atoms with E-state index in [4.69, 9.17) is 4.74 Å². The number of aryl methyl sites for hydroxylation is 1. The molecule has 31 heavy (non-hydrogen) atoms. The molecule has 0 fully saturated rings. The molecule has 2 aromatic heterocycles. The Kier molecular flexibility index (Phi) is 5.31. The van der Waals surface area contributed by atoms with E-state index in [0.29, 0.717) is 11.4 Å². The first-order valence-electron chi connectivity index (χ1n) is 10.5. The minimum absolute atomic E-state index is 0.0481. The Bertz CT molecular complexity index is 1230. The average molecular weight is 417 g/mol. The van der Waals surface area contributed by atoms with E-state index in [2.05, 4.69) is 59.9 Å². The van der Waals surface area contributed by atoms with Crippen LogP contribution in [0.2, 0.25) is 0 Å². The van der Waals surface area contributed by atoms with E-state index in [1.54, 1.807) is 7.11 Å². The lowest BCUT2D eigenvalue weighted by Gasteiger charge is -2.18. The molecular weight excluding hydrogens is 388 g/mol. The predicted molar refractivity (Wildman–Crippen MR) is 125 cm³/mol. The Morgan fingerprint density at radius 1 is 1.13 bits per heavy atom. The highest BCUT2D eigenvalue weighted by atomic mass is 16.5. The second-order valence-electron chi connectivity index (χ2n) is 8.62. The van der Waals surface area contributed by atoms with Crippen molar-refractivity contribution < 1.29 is 9.53 Å². The van der Waals surface area contributed by atoms with Gasteiger partial charge in [-0.15, -0.1) is 0 Å². The van der Waals surface area contributed by atoms with Gasteiger partial charge >= 0.3 is 0 Å². The van der Waals surface area contributed by atoms with E-state index in [-0.39, 0.29) is 11.3 Å². The number of H-pyrrole nitrogens is 1. The zero-order chi connectivity index (χ0) is 22.2. The van der Waals surface area contributed by atoms with Gasteiger partial charge in [0.15, 0.2) is 5.82 Å². The topological polar surface area (TPSA) is 71.9 Å². The molecule has 0 aliphatic rings. The Labute approximate surface area is 182 Å². The van der Waals surface area contributed by atoms with Crippen molar-refractivity contribution in [3.05, 3.63) is 65.7 Å². The molecule has 0 bridgehead atoms. The lowest BCUT2D eigenvalue weighted by molar-refractivity contribution is 0.102. The highest BCUT2D eigenvalue weighted by Gasteiger charge is 2.17. The molecule has 0 aliphatic carbocycles. The molecule has 2 N–H and O–H groups in total. The van der Waals surface area contributed by atoms with E-state index < -0.39 is 0 Å². The van der Waals surface area contributed by atoms with Gasteiger partial charge in [-0.25, -0.2) is 0 Å². The average Bonchev–Trinajstić information content (AvgIpc) is 3.36. The highest BCUT2D eigenvalue weighted by molar-refractivity contribution is 6.04. The molecule has 2 heterocycles. The number of aromatic amines is 1. The second-order valence-corrected chi connectivity index (χ2v) is 8.62. The number of methoxy groups -OCH3 is 1. The summed E-state index contributed by atoms with van der Waals surface area (Å²) in [7, 11) is 1.68. The lowest BCUT2D eigenvalue weighted by atomic mass is 9.87. The van der Waals surface area contributed by atoms with Gasteiger partial charge < -0.3 is 14.6 Å². The van der Waals surface area contributed by atoms with E-state index in [9.17, 15) is 4.79 Å². The second kappa shape index (κ2) is 7.95. The first-order chi connectivity index (χ1) is 14.8. The zero-order valence-electron chi connectivity index (χ0n) is 18.6. The third-order valence-corrected chi connectivity index (χ3v) is 5.55. The summed E-state index contributed by atoms with van der Waals surface area (Å²) in [6, 6.07) is 17.7. The van der Waals surface area contributed by atoms with Gasteiger partial charge in [0.1, 0.15) is 5.75 Å². The SMILES string of the molecule is CCn1c(-c2cc(NC(=O)c3ccc(C(C)(C)C)cc3)n[nH]2)cc2c(OC)cccc21. The van der Waals surface area contributed by atoms with Crippen LogP contribution >= 0.6 is 0 Å². The summed E-state index contributed by atoms with van der Waals surface area (Å²) in [5.41, 5.74) is 4.75. The molecule has 0 spiro atoms. The summed E-state index contributed by atoms with van der Waals surface area (Å²) >= 11 is 0. The molecule has 0 unspecified atom stereocenters. The summed E-state index contributed by atoms with van der Waals surface area (Å²) in [4.78, 5) is 12.7. The largest absolute Gasteiger partial charge is 0.496 e. The monoisotopic (exact) mass is 416 g/mol. The molecule has 4 rings (SSSR count). The van der Waals surface area contributed by atoms with Gasteiger partial charge in [0.2, 0.25) is 0 Å². The number of aromatic nitrogens is 3. The summed E-state index contributed by atoms with van der Waals surface area (Å²) in [6.45, 7) is 9.35. The van der Waals surface area contributed by atoms with Gasteiger partial charge in [-0.3, -0.25) is 9.89 Å². The van der Waals surface area contributed by atoms with Gasteiger partial charge in [0, 0.05) is 23.6 Å². The zero-order valence-corrected chi connectivity index (χ0v) is 18.6. The molecule has 0 saturated heterocycles. The van der Waals surface area contributed by atoms with Crippen LogP contribution in [0.4, 0.5) is 5.82 Å². The van der Waals surface area contributed by atoms with E-state index in [0.717, 1.165) is 34.6 Å². The number of carbonyl (C=O) groups excluding carboxylic acids is 1. The first kappa shape index (κ1) is 20.7. The molecule has 6 nitrogen and oxygen atoms in total. The Balaban J connectivity index is 1.59. The predicted octanol–water partition coefficient (Wildman–Crippen LogP) is 5.61. The van der Waals surface area contributed by atoms with Crippen molar-refractivity contribution in [2.24, 2.45) is 0 Å². The van der Waals surface area contributed by atoms with Gasteiger partial charge in [-0.05, 0) is 48.2 Å². The van der Waals surface area contributed by atoms with Crippen molar-refractivity contribution in [3.63, 3.8) is 0 Å². The number of fused-ring (bicyclic) bond motifs is 1. The molecule has 0 radical (unpaired) electrons. The number of carbonyl (C=O) groups is 1. The number of benzene rings is 2. The van der Waals surface area contributed by atoms with Crippen molar-refractivity contribution in [3.8, 4) is 17.1 Å². The summed E-state index contributed by atoms with van der Waals surface area (Å²) < 4.78 is 7.71. The van der Waals surface area contributed by atoms with Crippen molar-refractivity contribution in [2.45, 2.75) is 39.7 Å². The van der Waals surface area contributed by atoms with Gasteiger partial charge in [-0.2, -0.15) is 5.10 Å². The van der Waals surface area contributed by atoms with Crippen LogP contribution in [0, 0.1) is 0 Å². The summed E-state index contributed by atoms with van der Waals surface area (Å²) in [5.74, 6) is 1.13. The standard InChI is InChI=1S/C25H28N4O2/c1-6-29-20-8-7-9-22(31-5)18(20)14-21(29)19-15-23(28-27-19)26-24(30)16-10-12-17(13-11-16)25(2,3)4/h7-15H,6H2,1-5H3,(H2,26,27,28,30). The van der Waals surface area contributed by atoms with Gasteiger partial charge in [0.25, 0.3) is 5.91 Å². The van der Waals surface area contributed by atoms with Crippen molar-refractivity contribution in [1.82, 2.24) is 14.8 Å². The maximum atomic E-state index is 12.7. The van der Waals surface area contributed by atoms with E-state index >= 15 is 0 Å². The van der Waals surface area contributed by atoms with Crippen LogP contribution in [0.3, 0.4) is 0 Å². The molecule has 0 aliphatic heterocycles. The number of anilines is 1. The number of ether oxygens (including phenoxy) is 1. The third kappa shape index (κ3) is 3.93. The molecule has 4 aromatic rings. The molecule has 6 heteroatoms. The van der Waals surface area contributed by atoms with Crippen LogP contribution in [0.1, 0.15) is 43.6 Å². The number of hydrogen-bond acceptors (Lipinski definition) is 3. The summed E-state index contributed by atoms with van der Waals surface area (Å²) in [6.07, 6.45) is 0. The third-order valence-electron chi connectivity index (χ3n) is 5.55. The fraction of sp³-hybridized carbons (Fsp3) is 0.280. The maximum absolute atomic E-state index is 12.7. The highest BCUT2D eigenvalue weighted by Crippen LogP contribution is 2.33. The van der Waals surface area contributed by atoms with Crippen LogP contribution in [-0.2, 0) is 12.0 Å². The number of hydrogen-bond donors (Lipinski definition) is 2. The van der Waals surface area contributed by atoms with Crippen molar-refractivity contribution in [1.29, 1.82) is 0 Å². The minimum Gasteiger partial charge on any atom is -0.496 e. The van der Waals surface area contributed by atoms with Crippen molar-refractivity contribution in [2.75, 3.05) is 12.4 Å². The molecule has 160 valence electrons. The van der Waals surface area contributed by atoms with Gasteiger partial charge in [-0.1, -0.05) is 39.0 Å². The van der Waals surface area contributed by atoms with E-state index in [1.165, 1.54) is 5.56 Å². The van der Waals surface area contributed by atoms with Crippen LogP contribution in [0.25, 0.3) is 22.3 Å². The number of nitrogens with zero attached hydrogens (tertiary/aromatic N) is 2. The van der Waals surface area contributed by atoms with Crippen LogP contribution < -0.4 is 10.1 Å². The van der Waals surface area contributed by atoms with Gasteiger partial charge in [0.05, 0.1) is 24.0 Å². The molecule has 1 amide bonds. The van der Waals surface area contributed by atoms with Crippen LogP contribution in [0.5, 0.6) is 5.75 Å². The van der Waals surface area contributed by atoms with E-state index in [1.807, 2.05) is 42.5 Å². The minimum atomic E-state index is -0.184. The molecule has 0 saturated carbocycles. The fourth-order valence-corrected chi connectivity index (χ4v) is 3.83. The summed E-state index contributed by atoms with van der Waals surface area (Å²) in [5, 5.41) is 11.3. The lowest BCUT2D eigenvalue weighted by Crippen LogP contribution is -2.14. The normalized spacial score (nSPS) is 11.6. The molecule has 0 atom stereocenters. The number of rotatable bonds is 5. The molecule has 2 aromatic carbocycles. The first-order valence-corrected chi connectivity index (χ1v) is 10.5. The Hall–Kier alpha value is -3.54. The van der Waals surface area contributed by atoms with Crippen LogP contribution in [0.15, 0.2) is 54.6 Å². The maximum Gasteiger partial charge on any atom is 0.256 e. The van der Waals surface area contributed by atoms with Crippen LogP contribution in [-0.4, -0.2) is 27.8 Å². The molecular formula is C25H28N4O2. The smallest absolute Gasteiger partial charge is 0.256 e. The number of nitrogens with one attached hydrogen (secondary N) is 2.